The summed E-state index contributed by atoms with van der Waals surface area (Å²) in [5.74, 6) is 0.0172. The standard InChI is InChI=1S/C18H23N3O2/c1-20-12-15(23-3)8-14(20)11-21(2)18(22)17-10-19-9-13-6-4-5-7-16(13)17/h4-7,9-10,14-15H,8,11-12H2,1-3H3/t14-,15-/m0/s1. The summed E-state index contributed by atoms with van der Waals surface area (Å²) in [5, 5.41) is 1.94. The lowest BCUT2D eigenvalue weighted by Crippen LogP contribution is -2.39. The Morgan fingerprint density at radius 1 is 1.39 bits per heavy atom. The van der Waals surface area contributed by atoms with Gasteiger partial charge in [-0.15, -0.1) is 0 Å². The average molecular weight is 313 g/mol. The van der Waals surface area contributed by atoms with Crippen LogP contribution in [0.25, 0.3) is 10.8 Å². The van der Waals surface area contributed by atoms with E-state index in [9.17, 15) is 4.79 Å². The largest absolute Gasteiger partial charge is 0.380 e. The monoisotopic (exact) mass is 313 g/mol. The molecule has 1 fully saturated rings. The van der Waals surface area contributed by atoms with Gasteiger partial charge in [0.15, 0.2) is 0 Å². The lowest BCUT2D eigenvalue weighted by atomic mass is 10.1. The second-order valence-corrected chi connectivity index (χ2v) is 6.28. The molecule has 23 heavy (non-hydrogen) atoms. The van der Waals surface area contributed by atoms with Crippen molar-refractivity contribution in [2.45, 2.75) is 18.6 Å². The van der Waals surface area contributed by atoms with Gasteiger partial charge in [-0.1, -0.05) is 24.3 Å². The molecule has 2 aromatic rings. The van der Waals surface area contributed by atoms with E-state index in [1.807, 2.05) is 31.3 Å². The van der Waals surface area contributed by atoms with Gasteiger partial charge in [-0.25, -0.2) is 0 Å². The van der Waals surface area contributed by atoms with E-state index in [4.69, 9.17) is 4.74 Å². The van der Waals surface area contributed by atoms with Gasteiger partial charge in [0, 0.05) is 51.1 Å². The van der Waals surface area contributed by atoms with Crippen LogP contribution in [0.5, 0.6) is 0 Å². The molecule has 0 radical (unpaired) electrons. The fourth-order valence-electron chi connectivity index (χ4n) is 3.30. The number of nitrogens with zero attached hydrogens (tertiary/aromatic N) is 3. The van der Waals surface area contributed by atoms with E-state index in [-0.39, 0.29) is 12.0 Å². The minimum absolute atomic E-state index is 0.0172. The number of benzene rings is 1. The van der Waals surface area contributed by atoms with Crippen LogP contribution in [0.3, 0.4) is 0 Å². The van der Waals surface area contributed by atoms with E-state index >= 15 is 0 Å². The predicted molar refractivity (Wildman–Crippen MR) is 90.5 cm³/mol. The molecule has 122 valence electrons. The second kappa shape index (κ2) is 6.64. The van der Waals surface area contributed by atoms with Gasteiger partial charge in [0.1, 0.15) is 0 Å². The van der Waals surface area contributed by atoms with E-state index in [1.165, 1.54) is 0 Å². The maximum atomic E-state index is 12.8. The zero-order valence-corrected chi connectivity index (χ0v) is 13.9. The van der Waals surface area contributed by atoms with Crippen LogP contribution in [-0.2, 0) is 4.74 Å². The van der Waals surface area contributed by atoms with Crippen LogP contribution in [0.2, 0.25) is 0 Å². The quantitative estimate of drug-likeness (QED) is 0.866. The van der Waals surface area contributed by atoms with Crippen molar-refractivity contribution in [3.05, 3.63) is 42.2 Å². The van der Waals surface area contributed by atoms with Crippen molar-refractivity contribution in [3.63, 3.8) is 0 Å². The molecular weight excluding hydrogens is 290 g/mol. The van der Waals surface area contributed by atoms with Crippen LogP contribution < -0.4 is 0 Å². The van der Waals surface area contributed by atoms with Crippen LogP contribution in [0, 0.1) is 0 Å². The lowest BCUT2D eigenvalue weighted by molar-refractivity contribution is 0.0762. The molecule has 1 aliphatic rings. The molecule has 5 nitrogen and oxygen atoms in total. The number of likely N-dealkylation sites (tertiary alicyclic amines) is 1. The summed E-state index contributed by atoms with van der Waals surface area (Å²) in [5.41, 5.74) is 0.662. The van der Waals surface area contributed by atoms with Gasteiger partial charge in [0.25, 0.3) is 5.91 Å². The number of aromatic nitrogens is 1. The smallest absolute Gasteiger partial charge is 0.255 e. The number of methoxy groups -OCH3 is 1. The highest BCUT2D eigenvalue weighted by Gasteiger charge is 2.31. The maximum Gasteiger partial charge on any atom is 0.255 e. The second-order valence-electron chi connectivity index (χ2n) is 6.28. The molecule has 3 rings (SSSR count). The summed E-state index contributed by atoms with van der Waals surface area (Å²) in [6.45, 7) is 1.61. The summed E-state index contributed by atoms with van der Waals surface area (Å²) in [6.07, 6.45) is 4.67. The average Bonchev–Trinajstić information content (AvgIpc) is 2.93. The number of likely N-dealkylation sites (N-methyl/N-ethyl adjacent to an activating group) is 2. The van der Waals surface area contributed by atoms with Gasteiger partial charge < -0.3 is 9.64 Å². The van der Waals surface area contributed by atoms with Crippen LogP contribution in [-0.4, -0.2) is 67.1 Å². The summed E-state index contributed by atoms with van der Waals surface area (Å²) < 4.78 is 5.44. The van der Waals surface area contributed by atoms with Gasteiger partial charge in [-0.2, -0.15) is 0 Å². The van der Waals surface area contributed by atoms with Crippen molar-refractivity contribution in [2.75, 3.05) is 34.3 Å². The summed E-state index contributed by atoms with van der Waals surface area (Å²) in [6, 6.07) is 8.19. The number of amides is 1. The number of ether oxygens (including phenoxy) is 1. The third-order valence-corrected chi connectivity index (χ3v) is 4.71. The van der Waals surface area contributed by atoms with Gasteiger partial charge >= 0.3 is 0 Å². The molecule has 1 aromatic carbocycles. The van der Waals surface area contributed by atoms with Gasteiger partial charge in [-0.3, -0.25) is 14.7 Å². The summed E-state index contributed by atoms with van der Waals surface area (Å²) in [7, 11) is 5.69. The van der Waals surface area contributed by atoms with E-state index in [0.29, 0.717) is 18.2 Å². The topological polar surface area (TPSA) is 45.7 Å². The van der Waals surface area contributed by atoms with Gasteiger partial charge in [0.05, 0.1) is 11.7 Å². The van der Waals surface area contributed by atoms with Crippen molar-refractivity contribution in [1.29, 1.82) is 0 Å². The SMILES string of the molecule is CO[C@H]1C[C@@H](CN(C)C(=O)c2cncc3ccccc23)N(C)C1. The van der Waals surface area contributed by atoms with Crippen molar-refractivity contribution in [2.24, 2.45) is 0 Å². The molecule has 0 spiro atoms. The Labute approximate surface area is 136 Å². The molecule has 0 N–H and O–H groups in total. The Bertz CT molecular complexity index is 698. The molecule has 5 heteroatoms. The minimum Gasteiger partial charge on any atom is -0.380 e. The third kappa shape index (κ3) is 3.21. The fraction of sp³-hybridized carbons (Fsp3) is 0.444. The summed E-state index contributed by atoms with van der Waals surface area (Å²) >= 11 is 0. The molecule has 1 aliphatic heterocycles. The molecule has 2 heterocycles. The van der Waals surface area contributed by atoms with E-state index in [1.54, 1.807) is 24.4 Å². The molecule has 0 bridgehead atoms. The number of rotatable bonds is 4. The molecule has 0 aliphatic carbocycles. The zero-order chi connectivity index (χ0) is 16.4. The Morgan fingerprint density at radius 3 is 2.91 bits per heavy atom. The Morgan fingerprint density at radius 2 is 2.17 bits per heavy atom. The molecule has 1 saturated heterocycles. The van der Waals surface area contributed by atoms with Crippen LogP contribution in [0.1, 0.15) is 16.8 Å². The molecule has 0 unspecified atom stereocenters. The Kier molecular flexibility index (Phi) is 4.59. The lowest BCUT2D eigenvalue weighted by Gasteiger charge is -2.25. The highest BCUT2D eigenvalue weighted by molar-refractivity contribution is 6.06. The Hall–Kier alpha value is -1.98. The minimum atomic E-state index is 0.0172. The molecule has 0 saturated carbocycles. The number of carbonyl (C=O) groups excluding carboxylic acids is 1. The van der Waals surface area contributed by atoms with Crippen molar-refractivity contribution < 1.29 is 9.53 Å². The van der Waals surface area contributed by atoms with Gasteiger partial charge in [-0.05, 0) is 18.9 Å². The number of fused-ring (bicyclic) bond motifs is 1. The van der Waals surface area contributed by atoms with Crippen molar-refractivity contribution in [3.8, 4) is 0 Å². The molecule has 1 aromatic heterocycles. The first-order valence-electron chi connectivity index (χ1n) is 7.91. The van der Waals surface area contributed by atoms with Crippen molar-refractivity contribution in [1.82, 2.24) is 14.8 Å². The first-order valence-corrected chi connectivity index (χ1v) is 7.91. The zero-order valence-electron chi connectivity index (χ0n) is 13.9. The first-order chi connectivity index (χ1) is 11.1. The Balaban J connectivity index is 1.77. The first kappa shape index (κ1) is 15.9. The van der Waals surface area contributed by atoms with E-state index in [0.717, 1.165) is 23.7 Å². The number of pyridine rings is 1. The number of carbonyl (C=O) groups is 1. The van der Waals surface area contributed by atoms with Crippen molar-refractivity contribution >= 4 is 16.7 Å². The molecular formula is C18H23N3O2. The van der Waals surface area contributed by atoms with Crippen LogP contribution >= 0.6 is 0 Å². The highest BCUT2D eigenvalue weighted by Crippen LogP contribution is 2.21. The molecule has 1 amide bonds. The van der Waals surface area contributed by atoms with Crippen LogP contribution in [0.4, 0.5) is 0 Å². The van der Waals surface area contributed by atoms with Crippen LogP contribution in [0.15, 0.2) is 36.7 Å². The van der Waals surface area contributed by atoms with Gasteiger partial charge in [0.2, 0.25) is 0 Å². The highest BCUT2D eigenvalue weighted by atomic mass is 16.5. The third-order valence-electron chi connectivity index (χ3n) is 4.71. The molecule has 2 atom stereocenters. The van der Waals surface area contributed by atoms with E-state index in [2.05, 4.69) is 16.9 Å². The summed E-state index contributed by atoms with van der Waals surface area (Å²) in [4.78, 5) is 21.1. The predicted octanol–water partition coefficient (Wildman–Crippen LogP) is 2.03. The number of hydrogen-bond acceptors (Lipinski definition) is 4. The normalized spacial score (nSPS) is 21.7. The number of hydrogen-bond donors (Lipinski definition) is 0. The maximum absolute atomic E-state index is 12.8. The fourth-order valence-corrected chi connectivity index (χ4v) is 3.30. The van der Waals surface area contributed by atoms with E-state index < -0.39 is 0 Å².